The van der Waals surface area contributed by atoms with E-state index in [1.807, 2.05) is 20.8 Å². The largest absolute Gasteiger partial charge is 0.356 e. The van der Waals surface area contributed by atoms with Gasteiger partial charge in [0.1, 0.15) is 0 Å². The van der Waals surface area contributed by atoms with E-state index in [2.05, 4.69) is 56.6 Å². The minimum atomic E-state index is -0.473. The van der Waals surface area contributed by atoms with Crippen LogP contribution in [0.4, 0.5) is 0 Å². The number of amides is 1. The third-order valence-corrected chi connectivity index (χ3v) is 5.01. The highest BCUT2D eigenvalue weighted by Gasteiger charge is 2.28. The van der Waals surface area contributed by atoms with Gasteiger partial charge in [0.15, 0.2) is 5.96 Å². The van der Waals surface area contributed by atoms with Gasteiger partial charge in [-0.3, -0.25) is 14.7 Å². The quantitative estimate of drug-likeness (QED) is 0.357. The van der Waals surface area contributed by atoms with Gasteiger partial charge in [0.2, 0.25) is 5.91 Å². The molecule has 2 N–H and O–H groups in total. The minimum absolute atomic E-state index is 0. The SMILES string of the molecule is CCNC(=O)C(C)(C)CNC(=NC)N1CCN(Cc2cccc(C)c2)CC1.I. The zero-order valence-corrected chi connectivity index (χ0v) is 20.2. The van der Waals surface area contributed by atoms with Crippen LogP contribution in [0.15, 0.2) is 29.3 Å². The van der Waals surface area contributed by atoms with Crippen LogP contribution in [0.5, 0.6) is 0 Å². The summed E-state index contributed by atoms with van der Waals surface area (Å²) in [6, 6.07) is 8.72. The molecular weight excluding hydrogens is 465 g/mol. The third-order valence-electron chi connectivity index (χ3n) is 5.01. The first-order valence-electron chi connectivity index (χ1n) is 9.87. The molecule has 1 aromatic rings. The van der Waals surface area contributed by atoms with Gasteiger partial charge in [-0.25, -0.2) is 0 Å². The van der Waals surface area contributed by atoms with Crippen molar-refractivity contribution in [3.05, 3.63) is 35.4 Å². The maximum Gasteiger partial charge on any atom is 0.227 e. The summed E-state index contributed by atoms with van der Waals surface area (Å²) >= 11 is 0. The van der Waals surface area contributed by atoms with Gasteiger partial charge in [-0.2, -0.15) is 0 Å². The fourth-order valence-electron chi connectivity index (χ4n) is 3.30. The van der Waals surface area contributed by atoms with E-state index in [0.29, 0.717) is 13.1 Å². The van der Waals surface area contributed by atoms with Crippen molar-refractivity contribution in [3.8, 4) is 0 Å². The maximum absolute atomic E-state index is 12.2. The average molecular weight is 501 g/mol. The van der Waals surface area contributed by atoms with Crippen molar-refractivity contribution < 1.29 is 4.79 Å². The Hall–Kier alpha value is -1.35. The first kappa shape index (κ1) is 24.7. The molecular formula is C21H36IN5O. The lowest BCUT2D eigenvalue weighted by Crippen LogP contribution is -2.54. The van der Waals surface area contributed by atoms with Gasteiger partial charge in [-0.05, 0) is 33.3 Å². The summed E-state index contributed by atoms with van der Waals surface area (Å²) in [6.07, 6.45) is 0. The average Bonchev–Trinajstić information content (AvgIpc) is 2.63. The number of hydrogen-bond donors (Lipinski definition) is 2. The highest BCUT2D eigenvalue weighted by molar-refractivity contribution is 14.0. The van der Waals surface area contributed by atoms with Crippen molar-refractivity contribution in [1.29, 1.82) is 0 Å². The van der Waals surface area contributed by atoms with Crippen molar-refractivity contribution in [1.82, 2.24) is 20.4 Å². The van der Waals surface area contributed by atoms with E-state index in [9.17, 15) is 4.79 Å². The summed E-state index contributed by atoms with van der Waals surface area (Å²) < 4.78 is 0. The van der Waals surface area contributed by atoms with Gasteiger partial charge >= 0.3 is 0 Å². The van der Waals surface area contributed by atoms with Crippen LogP contribution in [0, 0.1) is 12.3 Å². The Morgan fingerprint density at radius 2 is 1.86 bits per heavy atom. The molecule has 1 saturated heterocycles. The van der Waals surface area contributed by atoms with E-state index in [1.54, 1.807) is 7.05 Å². The number of rotatable bonds is 6. The Kier molecular flexibility index (Phi) is 10.2. The summed E-state index contributed by atoms with van der Waals surface area (Å²) in [4.78, 5) is 21.4. The molecule has 0 aromatic heterocycles. The molecule has 0 spiro atoms. The van der Waals surface area contributed by atoms with Crippen LogP contribution >= 0.6 is 24.0 Å². The second-order valence-corrected chi connectivity index (χ2v) is 7.90. The molecule has 158 valence electrons. The number of hydrogen-bond acceptors (Lipinski definition) is 3. The van der Waals surface area contributed by atoms with E-state index < -0.39 is 5.41 Å². The summed E-state index contributed by atoms with van der Waals surface area (Å²) in [5.41, 5.74) is 2.21. The Labute approximate surface area is 187 Å². The van der Waals surface area contributed by atoms with Crippen LogP contribution in [0.3, 0.4) is 0 Å². The lowest BCUT2D eigenvalue weighted by Gasteiger charge is -2.37. The number of carbonyl (C=O) groups excluding carboxylic acids is 1. The highest BCUT2D eigenvalue weighted by atomic mass is 127. The molecule has 7 heteroatoms. The molecule has 0 aliphatic carbocycles. The van der Waals surface area contributed by atoms with E-state index in [1.165, 1.54) is 11.1 Å². The zero-order chi connectivity index (χ0) is 19.9. The molecule has 1 amide bonds. The van der Waals surface area contributed by atoms with Crippen molar-refractivity contribution >= 4 is 35.8 Å². The molecule has 1 aromatic carbocycles. The van der Waals surface area contributed by atoms with Gasteiger partial charge < -0.3 is 15.5 Å². The van der Waals surface area contributed by atoms with Gasteiger partial charge in [-0.1, -0.05) is 29.8 Å². The molecule has 1 aliphatic rings. The molecule has 2 rings (SSSR count). The normalized spacial score (nSPS) is 15.8. The van der Waals surface area contributed by atoms with Gasteiger partial charge in [0.05, 0.1) is 5.41 Å². The van der Waals surface area contributed by atoms with Crippen LogP contribution in [-0.2, 0) is 11.3 Å². The summed E-state index contributed by atoms with van der Waals surface area (Å²) in [5.74, 6) is 0.943. The summed E-state index contributed by atoms with van der Waals surface area (Å²) in [5, 5.41) is 6.29. The van der Waals surface area contributed by atoms with Crippen LogP contribution in [0.1, 0.15) is 31.9 Å². The predicted molar refractivity (Wildman–Crippen MR) is 127 cm³/mol. The number of aryl methyl sites for hydroxylation is 1. The molecule has 0 unspecified atom stereocenters. The van der Waals surface area contributed by atoms with Crippen LogP contribution in [0.2, 0.25) is 0 Å². The lowest BCUT2D eigenvalue weighted by molar-refractivity contribution is -0.128. The summed E-state index contributed by atoms with van der Waals surface area (Å²) in [6.45, 7) is 14.1. The van der Waals surface area contributed by atoms with E-state index in [-0.39, 0.29) is 29.9 Å². The first-order chi connectivity index (χ1) is 12.9. The van der Waals surface area contributed by atoms with Crippen molar-refractivity contribution in [3.63, 3.8) is 0 Å². The Bertz CT molecular complexity index is 654. The number of guanidine groups is 1. The van der Waals surface area contributed by atoms with Crippen molar-refractivity contribution in [2.24, 2.45) is 10.4 Å². The standard InChI is InChI=1S/C21H35N5O.HI/c1-6-23-19(27)21(3,4)16-24-20(22-5)26-12-10-25(11-13-26)15-18-9-7-8-17(2)14-18;/h7-9,14H,6,10-13,15-16H2,1-5H3,(H,22,24)(H,23,27);1H. The van der Waals surface area contributed by atoms with Gasteiger partial charge in [0, 0.05) is 52.9 Å². The first-order valence-corrected chi connectivity index (χ1v) is 9.87. The van der Waals surface area contributed by atoms with Crippen LogP contribution in [-0.4, -0.2) is 68.0 Å². The Balaban J connectivity index is 0.00000392. The van der Waals surface area contributed by atoms with Crippen LogP contribution < -0.4 is 10.6 Å². The van der Waals surface area contributed by atoms with Crippen molar-refractivity contribution in [2.45, 2.75) is 34.2 Å². The number of nitrogens with zero attached hydrogens (tertiary/aromatic N) is 3. The lowest BCUT2D eigenvalue weighted by atomic mass is 9.92. The molecule has 0 saturated carbocycles. The molecule has 6 nitrogen and oxygen atoms in total. The number of piperazine rings is 1. The second-order valence-electron chi connectivity index (χ2n) is 7.90. The number of benzene rings is 1. The predicted octanol–water partition coefficient (Wildman–Crippen LogP) is 2.47. The smallest absolute Gasteiger partial charge is 0.227 e. The molecule has 0 bridgehead atoms. The van der Waals surface area contributed by atoms with Gasteiger partial charge in [0.25, 0.3) is 0 Å². The molecule has 0 radical (unpaired) electrons. The topological polar surface area (TPSA) is 60.0 Å². The zero-order valence-electron chi connectivity index (χ0n) is 17.9. The fraction of sp³-hybridized carbons (Fsp3) is 0.619. The molecule has 28 heavy (non-hydrogen) atoms. The molecule has 1 aliphatic heterocycles. The highest BCUT2D eigenvalue weighted by Crippen LogP contribution is 2.14. The second kappa shape index (κ2) is 11.6. The minimum Gasteiger partial charge on any atom is -0.356 e. The van der Waals surface area contributed by atoms with Crippen molar-refractivity contribution in [2.75, 3.05) is 46.3 Å². The number of halogens is 1. The molecule has 1 heterocycles. The van der Waals surface area contributed by atoms with E-state index >= 15 is 0 Å². The summed E-state index contributed by atoms with van der Waals surface area (Å²) in [7, 11) is 1.81. The van der Waals surface area contributed by atoms with E-state index in [0.717, 1.165) is 38.7 Å². The molecule has 0 atom stereocenters. The number of nitrogens with one attached hydrogen (secondary N) is 2. The molecule has 1 fully saturated rings. The van der Waals surface area contributed by atoms with Gasteiger partial charge in [-0.15, -0.1) is 24.0 Å². The van der Waals surface area contributed by atoms with E-state index in [4.69, 9.17) is 0 Å². The monoisotopic (exact) mass is 501 g/mol. The third kappa shape index (κ3) is 7.24. The Morgan fingerprint density at radius 1 is 1.18 bits per heavy atom. The fourth-order valence-corrected chi connectivity index (χ4v) is 3.30. The number of carbonyl (C=O) groups is 1. The maximum atomic E-state index is 12.2. The number of aliphatic imine (C=N–C) groups is 1. The van der Waals surface area contributed by atoms with Crippen LogP contribution in [0.25, 0.3) is 0 Å². The Morgan fingerprint density at radius 3 is 2.43 bits per heavy atom.